The van der Waals surface area contributed by atoms with E-state index in [1.807, 2.05) is 24.3 Å². The minimum Gasteiger partial charge on any atom is -0.383 e. The van der Waals surface area contributed by atoms with E-state index in [2.05, 4.69) is 16.0 Å². The van der Waals surface area contributed by atoms with Crippen LogP contribution < -0.4 is 16.0 Å². The lowest BCUT2D eigenvalue weighted by molar-refractivity contribution is -0.124. The summed E-state index contributed by atoms with van der Waals surface area (Å²) in [6, 6.07) is 7.61. The first-order chi connectivity index (χ1) is 10.7. The molecule has 1 atom stereocenters. The van der Waals surface area contributed by atoms with E-state index in [-0.39, 0.29) is 23.5 Å². The fraction of sp³-hybridized carbons (Fsp3) is 0.467. The third-order valence-corrected chi connectivity index (χ3v) is 4.46. The maximum Gasteiger partial charge on any atom is 0.238 e. The van der Waals surface area contributed by atoms with E-state index in [0.717, 1.165) is 17.1 Å². The smallest absolute Gasteiger partial charge is 0.238 e. The summed E-state index contributed by atoms with van der Waals surface area (Å²) in [4.78, 5) is 24.9. The number of rotatable bonds is 8. The lowest BCUT2D eigenvalue weighted by atomic mass is 10.2. The van der Waals surface area contributed by atoms with Crippen LogP contribution in [0.5, 0.6) is 0 Å². The van der Waals surface area contributed by atoms with E-state index in [0.29, 0.717) is 19.7 Å². The molecule has 6 nitrogen and oxygen atoms in total. The summed E-state index contributed by atoms with van der Waals surface area (Å²) in [6.45, 7) is 2.62. The Morgan fingerprint density at radius 2 is 2.14 bits per heavy atom. The van der Waals surface area contributed by atoms with Gasteiger partial charge in [-0.25, -0.2) is 0 Å². The van der Waals surface area contributed by atoms with Gasteiger partial charge in [0.1, 0.15) is 0 Å². The minimum atomic E-state index is -0.378. The van der Waals surface area contributed by atoms with Crippen LogP contribution in [0.3, 0.4) is 0 Å². The standard InChI is InChI=1S/C15H21N3O3S/c1-21-9-8-16-6-7-17-14(19)10-13-15(20)18-11-4-2-3-5-12(11)22-13/h2-5,13,16H,6-10H2,1H3,(H,17,19)(H,18,20). The van der Waals surface area contributed by atoms with Crippen molar-refractivity contribution in [2.24, 2.45) is 0 Å². The number of fused-ring (bicyclic) bond motifs is 1. The number of anilines is 1. The average molecular weight is 323 g/mol. The Bertz CT molecular complexity index is 525. The van der Waals surface area contributed by atoms with E-state index in [4.69, 9.17) is 4.74 Å². The number of benzene rings is 1. The van der Waals surface area contributed by atoms with Crippen molar-refractivity contribution in [2.75, 3.05) is 38.7 Å². The molecule has 120 valence electrons. The topological polar surface area (TPSA) is 79.5 Å². The fourth-order valence-corrected chi connectivity index (χ4v) is 3.17. The summed E-state index contributed by atoms with van der Waals surface area (Å²) in [5, 5.41) is 8.42. The number of hydrogen-bond acceptors (Lipinski definition) is 5. The Hall–Kier alpha value is -1.57. The van der Waals surface area contributed by atoms with Gasteiger partial charge in [-0.15, -0.1) is 11.8 Å². The van der Waals surface area contributed by atoms with Crippen molar-refractivity contribution in [2.45, 2.75) is 16.6 Å². The van der Waals surface area contributed by atoms with Crippen LogP contribution in [0.2, 0.25) is 0 Å². The lowest BCUT2D eigenvalue weighted by Gasteiger charge is -2.23. The predicted octanol–water partition coefficient (Wildman–Crippen LogP) is 0.842. The zero-order chi connectivity index (χ0) is 15.8. The highest BCUT2D eigenvalue weighted by molar-refractivity contribution is 8.01. The third-order valence-electron chi connectivity index (χ3n) is 3.18. The molecule has 1 heterocycles. The zero-order valence-electron chi connectivity index (χ0n) is 12.6. The van der Waals surface area contributed by atoms with Crippen LogP contribution in [0.1, 0.15) is 6.42 Å². The molecule has 0 fully saturated rings. The van der Waals surface area contributed by atoms with Crippen molar-refractivity contribution < 1.29 is 14.3 Å². The molecule has 1 aromatic rings. The van der Waals surface area contributed by atoms with Crippen LogP contribution in [0.25, 0.3) is 0 Å². The second kappa shape index (κ2) is 8.77. The monoisotopic (exact) mass is 323 g/mol. The molecule has 3 N–H and O–H groups in total. The first kappa shape index (κ1) is 16.8. The van der Waals surface area contributed by atoms with Crippen LogP contribution in [0, 0.1) is 0 Å². The Morgan fingerprint density at radius 1 is 1.32 bits per heavy atom. The molecule has 1 unspecified atom stereocenters. The van der Waals surface area contributed by atoms with Gasteiger partial charge in [0.15, 0.2) is 0 Å². The van der Waals surface area contributed by atoms with Crippen LogP contribution in [-0.2, 0) is 14.3 Å². The SMILES string of the molecule is COCCNCCNC(=O)CC1Sc2ccccc2NC1=O. The second-order valence-corrected chi connectivity index (χ2v) is 6.13. The number of para-hydroxylation sites is 1. The van der Waals surface area contributed by atoms with Gasteiger partial charge < -0.3 is 20.7 Å². The molecule has 0 radical (unpaired) electrons. The Balaban J connectivity index is 1.72. The van der Waals surface area contributed by atoms with Gasteiger partial charge >= 0.3 is 0 Å². The summed E-state index contributed by atoms with van der Waals surface area (Å²) < 4.78 is 4.91. The van der Waals surface area contributed by atoms with Gasteiger partial charge in [-0.3, -0.25) is 9.59 Å². The Kier molecular flexibility index (Phi) is 6.70. The molecule has 2 amide bonds. The quantitative estimate of drug-likeness (QED) is 0.618. The van der Waals surface area contributed by atoms with Crippen LogP contribution in [-0.4, -0.2) is 50.4 Å². The highest BCUT2D eigenvalue weighted by Crippen LogP contribution is 2.36. The largest absolute Gasteiger partial charge is 0.383 e. The zero-order valence-corrected chi connectivity index (χ0v) is 13.4. The maximum atomic E-state index is 12.0. The number of carbonyl (C=O) groups excluding carboxylic acids is 2. The van der Waals surface area contributed by atoms with E-state index < -0.39 is 0 Å². The van der Waals surface area contributed by atoms with Crippen molar-refractivity contribution in [1.29, 1.82) is 0 Å². The number of hydrogen-bond donors (Lipinski definition) is 3. The molecular formula is C15H21N3O3S. The molecule has 1 aliphatic heterocycles. The molecular weight excluding hydrogens is 302 g/mol. The van der Waals surface area contributed by atoms with Crippen LogP contribution in [0.4, 0.5) is 5.69 Å². The van der Waals surface area contributed by atoms with Crippen molar-refractivity contribution >= 4 is 29.3 Å². The molecule has 7 heteroatoms. The van der Waals surface area contributed by atoms with Crippen LogP contribution >= 0.6 is 11.8 Å². The van der Waals surface area contributed by atoms with Crippen molar-refractivity contribution in [3.8, 4) is 0 Å². The number of ether oxygens (including phenoxy) is 1. The van der Waals surface area contributed by atoms with Crippen molar-refractivity contribution in [3.63, 3.8) is 0 Å². The molecule has 1 aromatic carbocycles. The lowest BCUT2D eigenvalue weighted by Crippen LogP contribution is -2.37. The number of nitrogens with one attached hydrogen (secondary N) is 3. The van der Waals surface area contributed by atoms with Gasteiger partial charge in [0, 0.05) is 38.1 Å². The molecule has 0 spiro atoms. The molecule has 0 aliphatic carbocycles. The molecule has 1 aliphatic rings. The Labute approximate surface area is 134 Å². The number of amides is 2. The fourth-order valence-electron chi connectivity index (χ4n) is 2.06. The Morgan fingerprint density at radius 3 is 2.95 bits per heavy atom. The summed E-state index contributed by atoms with van der Waals surface area (Å²) in [5.74, 6) is -0.224. The van der Waals surface area contributed by atoms with Gasteiger partial charge in [-0.1, -0.05) is 12.1 Å². The average Bonchev–Trinajstić information content (AvgIpc) is 2.51. The highest BCUT2D eigenvalue weighted by Gasteiger charge is 2.28. The number of carbonyl (C=O) groups is 2. The maximum absolute atomic E-state index is 12.0. The van der Waals surface area contributed by atoms with E-state index >= 15 is 0 Å². The predicted molar refractivity (Wildman–Crippen MR) is 87.1 cm³/mol. The molecule has 0 saturated heterocycles. The van der Waals surface area contributed by atoms with Gasteiger partial charge in [0.25, 0.3) is 0 Å². The van der Waals surface area contributed by atoms with Gasteiger partial charge in [0.05, 0.1) is 17.5 Å². The van der Waals surface area contributed by atoms with E-state index in [9.17, 15) is 9.59 Å². The molecule has 0 bridgehead atoms. The first-order valence-electron chi connectivity index (χ1n) is 7.23. The third kappa shape index (κ3) is 5.01. The van der Waals surface area contributed by atoms with E-state index in [1.165, 1.54) is 11.8 Å². The molecule has 22 heavy (non-hydrogen) atoms. The number of thioether (sulfide) groups is 1. The summed E-state index contributed by atoms with van der Waals surface area (Å²) >= 11 is 1.44. The molecule has 0 aromatic heterocycles. The van der Waals surface area contributed by atoms with Gasteiger partial charge in [-0.2, -0.15) is 0 Å². The molecule has 2 rings (SSSR count). The highest BCUT2D eigenvalue weighted by atomic mass is 32.2. The minimum absolute atomic E-state index is 0.111. The summed E-state index contributed by atoms with van der Waals surface area (Å²) in [5.41, 5.74) is 0.816. The summed E-state index contributed by atoms with van der Waals surface area (Å²) in [7, 11) is 1.65. The van der Waals surface area contributed by atoms with Crippen LogP contribution in [0.15, 0.2) is 29.2 Å². The second-order valence-electron chi connectivity index (χ2n) is 4.89. The summed E-state index contributed by atoms with van der Waals surface area (Å²) in [6.07, 6.45) is 0.183. The van der Waals surface area contributed by atoms with Gasteiger partial charge in [-0.05, 0) is 12.1 Å². The first-order valence-corrected chi connectivity index (χ1v) is 8.11. The van der Waals surface area contributed by atoms with Crippen molar-refractivity contribution in [1.82, 2.24) is 10.6 Å². The van der Waals surface area contributed by atoms with Gasteiger partial charge in [0.2, 0.25) is 11.8 Å². The van der Waals surface area contributed by atoms with Crippen molar-refractivity contribution in [3.05, 3.63) is 24.3 Å². The molecule has 0 saturated carbocycles. The normalized spacial score (nSPS) is 16.8. The number of methoxy groups -OCH3 is 1. The van der Waals surface area contributed by atoms with E-state index in [1.54, 1.807) is 7.11 Å².